The van der Waals surface area contributed by atoms with Crippen molar-refractivity contribution in [2.75, 3.05) is 6.54 Å². The lowest BCUT2D eigenvalue weighted by atomic mass is 9.88. The fraction of sp³-hybridized carbons (Fsp3) is 0.259. The minimum atomic E-state index is -0.211. The van der Waals surface area contributed by atoms with Gasteiger partial charge in [-0.25, -0.2) is 9.67 Å². The van der Waals surface area contributed by atoms with E-state index in [9.17, 15) is 9.59 Å². The number of aromatic nitrogens is 3. The quantitative estimate of drug-likeness (QED) is 0.420. The molecule has 4 rings (SSSR count). The van der Waals surface area contributed by atoms with Gasteiger partial charge in [0.2, 0.25) is 0 Å². The molecule has 0 spiro atoms. The first-order valence-corrected chi connectivity index (χ1v) is 12.1. The third kappa shape index (κ3) is 4.84. The molecule has 4 aromatic rings. The normalized spacial score (nSPS) is 11.1. The van der Waals surface area contributed by atoms with Crippen LogP contribution in [0.2, 0.25) is 0 Å². The SMILES string of the molecule is Cc1nc(-c2c(C)c(C)nn(C)c2=O)sc1C(=O)NCCC(c1ccccc1)c1ccccc1. The molecule has 1 amide bonds. The molecule has 0 aliphatic carbocycles. The number of nitrogens with one attached hydrogen (secondary N) is 1. The first kappa shape index (κ1) is 23.6. The van der Waals surface area contributed by atoms with Crippen molar-refractivity contribution in [2.24, 2.45) is 7.05 Å². The number of carbonyl (C=O) groups is 1. The molecule has 0 saturated heterocycles. The standard InChI is InChI=1S/C27H28N4O2S/c1-17-18(2)30-31(4)27(33)23(17)26-29-19(3)24(34-26)25(32)28-16-15-22(20-11-7-5-8-12-20)21-13-9-6-10-14-21/h5-14,22H,15-16H2,1-4H3,(H,28,32). The van der Waals surface area contributed by atoms with Gasteiger partial charge in [0, 0.05) is 19.5 Å². The minimum absolute atomic E-state index is 0.165. The maximum absolute atomic E-state index is 13.0. The van der Waals surface area contributed by atoms with Crippen molar-refractivity contribution in [2.45, 2.75) is 33.1 Å². The van der Waals surface area contributed by atoms with Crippen LogP contribution in [0.5, 0.6) is 0 Å². The van der Waals surface area contributed by atoms with Gasteiger partial charge < -0.3 is 5.32 Å². The second kappa shape index (κ2) is 10.1. The summed E-state index contributed by atoms with van der Waals surface area (Å²) in [5.41, 5.74) is 4.92. The molecule has 7 heteroatoms. The van der Waals surface area contributed by atoms with Crippen LogP contribution in [0.25, 0.3) is 10.6 Å². The molecule has 0 unspecified atom stereocenters. The van der Waals surface area contributed by atoms with Gasteiger partial charge in [-0.1, -0.05) is 60.7 Å². The number of amides is 1. The monoisotopic (exact) mass is 472 g/mol. The Morgan fingerprint density at radius 2 is 1.56 bits per heavy atom. The van der Waals surface area contributed by atoms with Gasteiger partial charge >= 0.3 is 0 Å². The molecule has 0 bridgehead atoms. The van der Waals surface area contributed by atoms with Crippen molar-refractivity contribution in [3.63, 3.8) is 0 Å². The number of hydrogen-bond acceptors (Lipinski definition) is 5. The van der Waals surface area contributed by atoms with E-state index in [1.54, 1.807) is 14.0 Å². The van der Waals surface area contributed by atoms with E-state index in [0.717, 1.165) is 17.7 Å². The smallest absolute Gasteiger partial charge is 0.277 e. The third-order valence-electron chi connectivity index (χ3n) is 6.06. The van der Waals surface area contributed by atoms with E-state index in [4.69, 9.17) is 0 Å². The van der Waals surface area contributed by atoms with Crippen LogP contribution in [0, 0.1) is 20.8 Å². The van der Waals surface area contributed by atoms with Crippen LogP contribution >= 0.6 is 11.3 Å². The summed E-state index contributed by atoms with van der Waals surface area (Å²) in [7, 11) is 1.63. The Morgan fingerprint density at radius 1 is 0.971 bits per heavy atom. The summed E-state index contributed by atoms with van der Waals surface area (Å²) in [6, 6.07) is 20.7. The highest BCUT2D eigenvalue weighted by Gasteiger charge is 2.21. The molecule has 2 aromatic carbocycles. The van der Waals surface area contributed by atoms with E-state index in [2.05, 4.69) is 39.7 Å². The first-order chi connectivity index (χ1) is 16.4. The molecule has 0 saturated carbocycles. The lowest BCUT2D eigenvalue weighted by Crippen LogP contribution is -2.25. The predicted molar refractivity (Wildman–Crippen MR) is 136 cm³/mol. The van der Waals surface area contributed by atoms with Crippen molar-refractivity contribution >= 4 is 17.2 Å². The molecule has 0 radical (unpaired) electrons. The van der Waals surface area contributed by atoms with Crippen LogP contribution in [0.1, 0.15) is 50.1 Å². The van der Waals surface area contributed by atoms with Gasteiger partial charge in [0.25, 0.3) is 11.5 Å². The van der Waals surface area contributed by atoms with E-state index >= 15 is 0 Å². The molecular formula is C27H28N4O2S. The fourth-order valence-electron chi connectivity index (χ4n) is 4.12. The zero-order valence-corrected chi connectivity index (χ0v) is 20.6. The number of aryl methyl sites for hydroxylation is 3. The summed E-state index contributed by atoms with van der Waals surface area (Å²) in [6.07, 6.45) is 0.772. The fourth-order valence-corrected chi connectivity index (χ4v) is 5.20. The van der Waals surface area contributed by atoms with Crippen LogP contribution in [0.15, 0.2) is 65.5 Å². The average molecular weight is 473 g/mol. The number of thiazole rings is 1. The number of nitrogens with zero attached hydrogens (tertiary/aromatic N) is 3. The largest absolute Gasteiger partial charge is 0.351 e. The molecule has 0 atom stereocenters. The molecule has 2 aromatic heterocycles. The van der Waals surface area contributed by atoms with Crippen LogP contribution in [-0.2, 0) is 7.05 Å². The Bertz CT molecular complexity index is 1320. The lowest BCUT2D eigenvalue weighted by molar-refractivity contribution is 0.0956. The van der Waals surface area contributed by atoms with E-state index in [-0.39, 0.29) is 17.4 Å². The zero-order valence-electron chi connectivity index (χ0n) is 19.8. The molecule has 6 nitrogen and oxygen atoms in total. The number of carbonyl (C=O) groups excluding carboxylic acids is 1. The Morgan fingerprint density at radius 3 is 2.15 bits per heavy atom. The van der Waals surface area contributed by atoms with Gasteiger partial charge in [-0.15, -0.1) is 11.3 Å². The maximum atomic E-state index is 13.0. The van der Waals surface area contributed by atoms with Gasteiger partial charge in [-0.3, -0.25) is 9.59 Å². The summed E-state index contributed by atoms with van der Waals surface area (Å²) in [6.45, 7) is 6.06. The van der Waals surface area contributed by atoms with Gasteiger partial charge in [0.05, 0.1) is 17.0 Å². The summed E-state index contributed by atoms with van der Waals surface area (Å²) < 4.78 is 1.32. The van der Waals surface area contributed by atoms with E-state index < -0.39 is 0 Å². The highest BCUT2D eigenvalue weighted by molar-refractivity contribution is 7.17. The predicted octanol–water partition coefficient (Wildman–Crippen LogP) is 4.78. The molecule has 0 fully saturated rings. The summed E-state index contributed by atoms with van der Waals surface area (Å²) >= 11 is 1.25. The topological polar surface area (TPSA) is 76.9 Å². The van der Waals surface area contributed by atoms with Crippen LogP contribution in [-0.4, -0.2) is 27.2 Å². The van der Waals surface area contributed by atoms with Crippen molar-refractivity contribution in [1.29, 1.82) is 0 Å². The van der Waals surface area contributed by atoms with Gasteiger partial charge in [0.1, 0.15) is 9.88 Å². The summed E-state index contributed by atoms with van der Waals surface area (Å²) in [5, 5.41) is 7.85. The molecule has 2 heterocycles. The molecule has 0 aliphatic heterocycles. The molecular weight excluding hydrogens is 444 g/mol. The van der Waals surface area contributed by atoms with Crippen LogP contribution in [0.3, 0.4) is 0 Å². The van der Waals surface area contributed by atoms with Crippen molar-refractivity contribution in [1.82, 2.24) is 20.1 Å². The zero-order chi connectivity index (χ0) is 24.2. The second-order valence-electron chi connectivity index (χ2n) is 8.37. The van der Waals surface area contributed by atoms with E-state index in [1.165, 1.54) is 27.1 Å². The lowest BCUT2D eigenvalue weighted by Gasteiger charge is -2.18. The minimum Gasteiger partial charge on any atom is -0.351 e. The van der Waals surface area contributed by atoms with Gasteiger partial charge in [-0.05, 0) is 43.9 Å². The van der Waals surface area contributed by atoms with Crippen molar-refractivity contribution < 1.29 is 4.79 Å². The molecule has 0 aliphatic rings. The molecule has 1 N–H and O–H groups in total. The van der Waals surface area contributed by atoms with Crippen LogP contribution < -0.4 is 10.9 Å². The second-order valence-corrected chi connectivity index (χ2v) is 9.37. The van der Waals surface area contributed by atoms with Crippen LogP contribution in [0.4, 0.5) is 0 Å². The first-order valence-electron chi connectivity index (χ1n) is 11.3. The summed E-state index contributed by atoms with van der Waals surface area (Å²) in [4.78, 5) is 30.8. The number of rotatable bonds is 7. The highest BCUT2D eigenvalue weighted by Crippen LogP contribution is 2.30. The van der Waals surface area contributed by atoms with Gasteiger partial charge in [-0.2, -0.15) is 5.10 Å². The Balaban J connectivity index is 1.52. The molecule has 34 heavy (non-hydrogen) atoms. The third-order valence-corrected chi connectivity index (χ3v) is 7.24. The number of benzene rings is 2. The Labute approximate surface area is 203 Å². The highest BCUT2D eigenvalue weighted by atomic mass is 32.1. The van der Waals surface area contributed by atoms with Crippen molar-refractivity contribution in [3.8, 4) is 10.6 Å². The summed E-state index contributed by atoms with van der Waals surface area (Å²) in [5.74, 6) is 0.0210. The van der Waals surface area contributed by atoms with E-state index in [1.807, 2.05) is 50.2 Å². The number of hydrogen-bond donors (Lipinski definition) is 1. The Kier molecular flexibility index (Phi) is 7.03. The maximum Gasteiger partial charge on any atom is 0.277 e. The van der Waals surface area contributed by atoms with Gasteiger partial charge in [0.15, 0.2) is 0 Å². The van der Waals surface area contributed by atoms with Crippen molar-refractivity contribution in [3.05, 3.63) is 104 Å². The van der Waals surface area contributed by atoms with E-state index in [0.29, 0.717) is 27.7 Å². The molecule has 174 valence electrons. The average Bonchev–Trinajstić information content (AvgIpc) is 3.23. The Hall–Kier alpha value is -3.58.